The Morgan fingerprint density at radius 3 is 2.62 bits per heavy atom. The lowest BCUT2D eigenvalue weighted by Gasteiger charge is -2.36. The molecule has 0 bridgehead atoms. The summed E-state index contributed by atoms with van der Waals surface area (Å²) in [4.78, 5) is 58.0. The molecule has 3 amide bonds. The number of carbonyl (C=O) groups excluding carboxylic acids is 3. The quantitative estimate of drug-likeness (QED) is 0.0794. The van der Waals surface area contributed by atoms with Crippen molar-refractivity contribution in [2.45, 2.75) is 50.9 Å². The number of nitrogens with zero attached hydrogens (tertiary/aromatic N) is 3. The third-order valence-electron chi connectivity index (χ3n) is 10.3. The summed E-state index contributed by atoms with van der Waals surface area (Å²) >= 11 is 0. The highest BCUT2D eigenvalue weighted by atomic mass is 16.6. The Bertz CT molecular complexity index is 2260. The van der Waals surface area contributed by atoms with Crippen molar-refractivity contribution in [3.05, 3.63) is 147 Å². The van der Waals surface area contributed by atoms with Gasteiger partial charge in [-0.3, -0.25) is 24.5 Å². The second kappa shape index (κ2) is 14.5. The molecule has 2 aliphatic heterocycles. The first kappa shape index (κ1) is 35.3. The Balaban J connectivity index is 1.08. The van der Waals surface area contributed by atoms with Crippen molar-refractivity contribution in [3.8, 4) is 0 Å². The molecule has 7 rings (SSSR count). The average molecular weight is 714 g/mol. The molecule has 4 N–H and O–H groups in total. The maximum absolute atomic E-state index is 14.2. The number of amides is 3. The van der Waals surface area contributed by atoms with Crippen LogP contribution in [-0.4, -0.2) is 55.4 Å². The lowest BCUT2D eigenvalue weighted by Crippen LogP contribution is -2.46. The molecule has 0 radical (unpaired) electrons. The van der Waals surface area contributed by atoms with Gasteiger partial charge in [-0.25, -0.2) is 0 Å². The zero-order valence-corrected chi connectivity index (χ0v) is 29.1. The van der Waals surface area contributed by atoms with E-state index in [1.165, 1.54) is 23.1 Å². The number of fused-ring (bicyclic) bond motifs is 3. The highest BCUT2D eigenvalue weighted by Gasteiger charge is 2.53. The molecule has 3 atom stereocenters. The van der Waals surface area contributed by atoms with Gasteiger partial charge in [0, 0.05) is 59.4 Å². The number of aliphatic hydroxyl groups is 2. The number of non-ortho nitro benzene ring substituents is 1. The van der Waals surface area contributed by atoms with Crippen molar-refractivity contribution in [1.29, 1.82) is 0 Å². The third-order valence-corrected chi connectivity index (χ3v) is 10.3. The van der Waals surface area contributed by atoms with E-state index in [0.29, 0.717) is 29.9 Å². The van der Waals surface area contributed by atoms with Crippen LogP contribution in [0.4, 0.5) is 17.1 Å². The first-order valence-corrected chi connectivity index (χ1v) is 17.5. The molecule has 5 aromatic rings. The van der Waals surface area contributed by atoms with Gasteiger partial charge in [0.15, 0.2) is 5.60 Å². The van der Waals surface area contributed by atoms with Gasteiger partial charge in [0.05, 0.1) is 36.2 Å². The first-order chi connectivity index (χ1) is 25.6. The Kier molecular flexibility index (Phi) is 9.65. The molecule has 0 spiro atoms. The van der Waals surface area contributed by atoms with Crippen LogP contribution >= 0.6 is 0 Å². The molecule has 270 valence electrons. The van der Waals surface area contributed by atoms with Gasteiger partial charge >= 0.3 is 0 Å². The fourth-order valence-corrected chi connectivity index (χ4v) is 7.46. The number of aromatic nitrogens is 1. The van der Waals surface area contributed by atoms with Crippen molar-refractivity contribution >= 4 is 45.7 Å². The lowest BCUT2D eigenvalue weighted by atomic mass is 9.82. The number of aromatic amines is 1. The number of aliphatic hydroxyl groups excluding tert-OH is 1. The van der Waals surface area contributed by atoms with Crippen LogP contribution in [-0.2, 0) is 45.9 Å². The predicted molar refractivity (Wildman–Crippen MR) is 200 cm³/mol. The molecule has 0 saturated heterocycles. The van der Waals surface area contributed by atoms with Gasteiger partial charge in [0.1, 0.15) is 0 Å². The Morgan fingerprint density at radius 1 is 1.06 bits per heavy atom. The van der Waals surface area contributed by atoms with E-state index < -0.39 is 22.3 Å². The van der Waals surface area contributed by atoms with E-state index in [4.69, 9.17) is 0 Å². The average Bonchev–Trinajstić information content (AvgIpc) is 3.66. The molecular weight excluding hydrogens is 674 g/mol. The number of nitrogens with one attached hydrogen (secondary N) is 2. The fourth-order valence-electron chi connectivity index (χ4n) is 7.46. The Labute approximate surface area is 305 Å². The smallest absolute Gasteiger partial charge is 0.269 e. The maximum Gasteiger partial charge on any atom is 0.269 e. The van der Waals surface area contributed by atoms with E-state index in [2.05, 4.69) is 10.3 Å². The highest BCUT2D eigenvalue weighted by molar-refractivity contribution is 6.07. The van der Waals surface area contributed by atoms with Gasteiger partial charge in [-0.05, 0) is 52.9 Å². The molecule has 4 aromatic carbocycles. The van der Waals surface area contributed by atoms with Crippen LogP contribution in [0.15, 0.2) is 109 Å². The molecular formula is C41H39N5O7. The molecule has 2 aliphatic rings. The van der Waals surface area contributed by atoms with Crippen LogP contribution in [0.2, 0.25) is 0 Å². The van der Waals surface area contributed by atoms with Gasteiger partial charge in [-0.1, -0.05) is 73.7 Å². The summed E-state index contributed by atoms with van der Waals surface area (Å²) in [7, 11) is 0. The third kappa shape index (κ3) is 6.82. The van der Waals surface area contributed by atoms with Crippen molar-refractivity contribution in [2.24, 2.45) is 5.92 Å². The number of anilines is 2. The van der Waals surface area contributed by atoms with Crippen LogP contribution in [0.3, 0.4) is 0 Å². The summed E-state index contributed by atoms with van der Waals surface area (Å²) in [6.45, 7) is 1.84. The fraction of sp³-hybridized carbons (Fsp3) is 0.244. The van der Waals surface area contributed by atoms with Gasteiger partial charge < -0.3 is 30.3 Å². The number of rotatable bonds is 11. The molecule has 53 heavy (non-hydrogen) atoms. The topological polar surface area (TPSA) is 169 Å². The summed E-state index contributed by atoms with van der Waals surface area (Å²) in [5.74, 6) is -1.97. The number of nitro benzene ring substituents is 1. The Morgan fingerprint density at radius 2 is 1.83 bits per heavy atom. The Hall–Kier alpha value is -6.11. The second-order valence-corrected chi connectivity index (χ2v) is 13.7. The summed E-state index contributed by atoms with van der Waals surface area (Å²) in [5.41, 5.74) is 3.08. The molecule has 0 unspecified atom stereocenters. The van der Waals surface area contributed by atoms with Crippen LogP contribution in [0.25, 0.3) is 10.9 Å². The van der Waals surface area contributed by atoms with E-state index in [0.717, 1.165) is 27.6 Å². The van der Waals surface area contributed by atoms with E-state index in [1.54, 1.807) is 48.2 Å². The minimum absolute atomic E-state index is 0.0199. The standard InChI is InChI=1S/C41H39N5O7/c1-26(8-6-15-39(49)44-24-29-11-3-2-10-28(29)19-33(44)25-47)41(51)35-21-32(46(52)53)16-17-37(35)45(40(41)50)23-27-9-7-12-31(18-27)43-38(48)20-30-22-42-36-14-5-4-13-34(30)36/h2-14,16-18,21-22,26,33,42,47,51H,15,19-20,23-25H2,1H3,(H,43,48)/b8-6+/t26-,33+,41+/m1/s1. The molecule has 0 saturated carbocycles. The van der Waals surface area contributed by atoms with Crippen LogP contribution < -0.4 is 10.2 Å². The number of hydrogen-bond donors (Lipinski definition) is 4. The zero-order valence-electron chi connectivity index (χ0n) is 29.1. The molecule has 0 fully saturated rings. The molecule has 1 aromatic heterocycles. The van der Waals surface area contributed by atoms with E-state index >= 15 is 0 Å². The van der Waals surface area contributed by atoms with Gasteiger partial charge in [0.2, 0.25) is 11.8 Å². The first-order valence-electron chi connectivity index (χ1n) is 17.5. The van der Waals surface area contributed by atoms with Crippen molar-refractivity contribution in [1.82, 2.24) is 9.88 Å². The lowest BCUT2D eigenvalue weighted by molar-refractivity contribution is -0.385. The molecule has 3 heterocycles. The predicted octanol–water partition coefficient (Wildman–Crippen LogP) is 5.52. The largest absolute Gasteiger partial charge is 0.394 e. The number of hydrogen-bond acceptors (Lipinski definition) is 7. The molecule has 12 heteroatoms. The minimum atomic E-state index is -2.16. The number of carbonyl (C=O) groups is 3. The number of para-hydroxylation sites is 1. The van der Waals surface area contributed by atoms with Gasteiger partial charge in [-0.2, -0.15) is 0 Å². The SMILES string of the molecule is C[C@H](/C=C/CC(=O)N1Cc2ccccc2C[C@H]1CO)[C@@]1(O)C(=O)N(Cc2cccc(NC(=O)Cc3c[nH]c4ccccc34)c2)c2ccc([N+](=O)[O-])cc21. The second-order valence-electron chi connectivity index (χ2n) is 13.7. The van der Waals surface area contributed by atoms with Crippen LogP contribution in [0, 0.1) is 16.0 Å². The monoisotopic (exact) mass is 713 g/mol. The summed E-state index contributed by atoms with van der Waals surface area (Å²) in [5, 5.41) is 37.8. The molecule has 12 nitrogen and oxygen atoms in total. The van der Waals surface area contributed by atoms with E-state index in [-0.39, 0.29) is 55.1 Å². The number of H-pyrrole nitrogens is 1. The normalized spacial score (nSPS) is 18.6. The van der Waals surface area contributed by atoms with Crippen LogP contribution in [0.1, 0.15) is 41.2 Å². The van der Waals surface area contributed by atoms with Crippen molar-refractivity contribution < 1.29 is 29.5 Å². The van der Waals surface area contributed by atoms with Gasteiger partial charge in [-0.15, -0.1) is 0 Å². The summed E-state index contributed by atoms with van der Waals surface area (Å²) in [6, 6.07) is 26.2. The van der Waals surface area contributed by atoms with Crippen molar-refractivity contribution in [2.75, 3.05) is 16.8 Å². The van der Waals surface area contributed by atoms with Crippen molar-refractivity contribution in [3.63, 3.8) is 0 Å². The number of nitro groups is 1. The van der Waals surface area contributed by atoms with Gasteiger partial charge in [0.25, 0.3) is 11.6 Å². The summed E-state index contributed by atoms with van der Waals surface area (Å²) in [6.07, 6.45) is 5.66. The zero-order chi connectivity index (χ0) is 37.3. The molecule has 0 aliphatic carbocycles. The maximum atomic E-state index is 14.2. The highest BCUT2D eigenvalue weighted by Crippen LogP contribution is 2.47. The van der Waals surface area contributed by atoms with Crippen LogP contribution in [0.5, 0.6) is 0 Å². The number of benzene rings is 4. The summed E-state index contributed by atoms with van der Waals surface area (Å²) < 4.78 is 0. The minimum Gasteiger partial charge on any atom is -0.394 e. The van der Waals surface area contributed by atoms with E-state index in [9.17, 15) is 34.7 Å². The van der Waals surface area contributed by atoms with E-state index in [1.807, 2.05) is 54.7 Å².